The molecule has 3 rings (SSSR count). The van der Waals surface area contributed by atoms with Gasteiger partial charge in [-0.1, -0.05) is 18.2 Å². The molecular weight excluding hydrogens is 373 g/mol. The van der Waals surface area contributed by atoms with Crippen LogP contribution in [-0.4, -0.2) is 49.1 Å². The lowest BCUT2D eigenvalue weighted by molar-refractivity contribution is -0.384. The van der Waals surface area contributed by atoms with Crippen LogP contribution in [0.25, 0.3) is 0 Å². The van der Waals surface area contributed by atoms with E-state index >= 15 is 0 Å². The Labute approximate surface area is 160 Å². The summed E-state index contributed by atoms with van der Waals surface area (Å²) in [6, 6.07) is 11.9. The van der Waals surface area contributed by atoms with Crippen LogP contribution in [0.3, 0.4) is 0 Å². The molecule has 1 aliphatic heterocycles. The first-order valence-corrected chi connectivity index (χ1v) is 8.96. The van der Waals surface area contributed by atoms with Gasteiger partial charge in [-0.3, -0.25) is 15.0 Å². The van der Waals surface area contributed by atoms with Gasteiger partial charge in [-0.25, -0.2) is 0 Å². The van der Waals surface area contributed by atoms with Gasteiger partial charge in [-0.05, 0) is 24.3 Å². The van der Waals surface area contributed by atoms with Crippen molar-refractivity contribution in [2.75, 3.05) is 49.5 Å². The van der Waals surface area contributed by atoms with E-state index in [9.17, 15) is 23.3 Å². The Balaban J connectivity index is 1.49. The summed E-state index contributed by atoms with van der Waals surface area (Å²) in [5.74, 6) is 0. The number of nitrogens with zero attached hydrogens (tertiary/aromatic N) is 3. The molecule has 1 fully saturated rings. The molecule has 2 aromatic carbocycles. The molecule has 0 spiro atoms. The van der Waals surface area contributed by atoms with Gasteiger partial charge in [0.05, 0.1) is 10.5 Å². The first-order valence-electron chi connectivity index (χ1n) is 8.96. The zero-order valence-electron chi connectivity index (χ0n) is 15.2. The Morgan fingerprint density at radius 3 is 2.43 bits per heavy atom. The van der Waals surface area contributed by atoms with Crippen LogP contribution < -0.4 is 10.2 Å². The molecule has 9 heteroatoms. The number of hydrogen-bond acceptors (Lipinski definition) is 5. The minimum atomic E-state index is -4.34. The maximum Gasteiger partial charge on any atom is 0.416 e. The van der Waals surface area contributed by atoms with Gasteiger partial charge in [-0.2, -0.15) is 13.2 Å². The van der Waals surface area contributed by atoms with E-state index in [1.54, 1.807) is 24.3 Å². The molecule has 0 amide bonds. The predicted octanol–water partition coefficient (Wildman–Crippen LogP) is 3.85. The van der Waals surface area contributed by atoms with Crippen molar-refractivity contribution in [3.63, 3.8) is 0 Å². The SMILES string of the molecule is O=[N+]([O-])c1ccccc1NCCN1CCN(c2cccc(C(F)(F)F)c2)CC1. The number of benzene rings is 2. The van der Waals surface area contributed by atoms with Gasteiger partial charge in [0, 0.05) is 51.0 Å². The van der Waals surface area contributed by atoms with Gasteiger partial charge in [0.2, 0.25) is 0 Å². The van der Waals surface area contributed by atoms with Crippen molar-refractivity contribution >= 4 is 17.1 Å². The molecule has 0 unspecified atom stereocenters. The van der Waals surface area contributed by atoms with Gasteiger partial charge in [0.15, 0.2) is 0 Å². The molecule has 1 heterocycles. The minimum Gasteiger partial charge on any atom is -0.378 e. The normalized spacial score (nSPS) is 15.5. The summed E-state index contributed by atoms with van der Waals surface area (Å²) in [4.78, 5) is 14.7. The third-order valence-electron chi connectivity index (χ3n) is 4.76. The van der Waals surface area contributed by atoms with E-state index in [1.165, 1.54) is 18.2 Å². The molecule has 0 aliphatic carbocycles. The fourth-order valence-corrected chi connectivity index (χ4v) is 3.24. The van der Waals surface area contributed by atoms with Crippen molar-refractivity contribution in [2.24, 2.45) is 0 Å². The van der Waals surface area contributed by atoms with Crippen LogP contribution in [0.1, 0.15) is 5.56 Å². The van der Waals surface area contributed by atoms with E-state index in [1.807, 2.05) is 4.90 Å². The Morgan fingerprint density at radius 1 is 1.04 bits per heavy atom. The van der Waals surface area contributed by atoms with Gasteiger partial charge >= 0.3 is 6.18 Å². The summed E-state index contributed by atoms with van der Waals surface area (Å²) in [6.07, 6.45) is -4.34. The largest absolute Gasteiger partial charge is 0.416 e. The third-order valence-corrected chi connectivity index (χ3v) is 4.76. The highest BCUT2D eigenvalue weighted by Gasteiger charge is 2.31. The fourth-order valence-electron chi connectivity index (χ4n) is 3.24. The summed E-state index contributed by atoms with van der Waals surface area (Å²) in [7, 11) is 0. The topological polar surface area (TPSA) is 61.7 Å². The van der Waals surface area contributed by atoms with E-state index in [0.29, 0.717) is 37.6 Å². The van der Waals surface area contributed by atoms with Crippen molar-refractivity contribution in [1.82, 2.24) is 4.90 Å². The number of alkyl halides is 3. The predicted molar refractivity (Wildman–Crippen MR) is 102 cm³/mol. The van der Waals surface area contributed by atoms with E-state index in [4.69, 9.17) is 0 Å². The molecule has 0 atom stereocenters. The molecular formula is C19H21F3N4O2. The quantitative estimate of drug-likeness (QED) is 0.596. The molecule has 1 aliphatic rings. The average Bonchev–Trinajstić information content (AvgIpc) is 2.68. The number of nitro benzene ring substituents is 1. The number of hydrogen-bond donors (Lipinski definition) is 1. The van der Waals surface area contributed by atoms with Gasteiger partial charge in [0.25, 0.3) is 5.69 Å². The highest BCUT2D eigenvalue weighted by atomic mass is 19.4. The maximum absolute atomic E-state index is 12.9. The van der Waals surface area contributed by atoms with Gasteiger partial charge in [0.1, 0.15) is 5.69 Å². The number of rotatable bonds is 6. The molecule has 150 valence electrons. The van der Waals surface area contributed by atoms with Crippen molar-refractivity contribution in [3.05, 3.63) is 64.2 Å². The van der Waals surface area contributed by atoms with Crippen LogP contribution in [-0.2, 0) is 6.18 Å². The molecule has 0 saturated carbocycles. The average molecular weight is 394 g/mol. The van der Waals surface area contributed by atoms with E-state index < -0.39 is 16.7 Å². The number of halogens is 3. The Morgan fingerprint density at radius 2 is 1.75 bits per heavy atom. The number of anilines is 2. The molecule has 0 aromatic heterocycles. The molecule has 2 aromatic rings. The molecule has 1 saturated heterocycles. The first kappa shape index (κ1) is 19.9. The first-order chi connectivity index (χ1) is 13.3. The molecule has 0 radical (unpaired) electrons. The van der Waals surface area contributed by atoms with Gasteiger partial charge in [-0.15, -0.1) is 0 Å². The van der Waals surface area contributed by atoms with Crippen LogP contribution in [0.5, 0.6) is 0 Å². The van der Waals surface area contributed by atoms with Crippen molar-refractivity contribution in [3.8, 4) is 0 Å². The maximum atomic E-state index is 12.9. The van der Waals surface area contributed by atoms with E-state index in [0.717, 1.165) is 19.2 Å². The summed E-state index contributed by atoms with van der Waals surface area (Å²) >= 11 is 0. The Kier molecular flexibility index (Phi) is 6.03. The molecule has 28 heavy (non-hydrogen) atoms. The van der Waals surface area contributed by atoms with Crippen molar-refractivity contribution < 1.29 is 18.1 Å². The number of piperazine rings is 1. The van der Waals surface area contributed by atoms with Crippen molar-refractivity contribution in [1.29, 1.82) is 0 Å². The lowest BCUT2D eigenvalue weighted by Gasteiger charge is -2.36. The van der Waals surface area contributed by atoms with Crippen molar-refractivity contribution in [2.45, 2.75) is 6.18 Å². The summed E-state index contributed by atoms with van der Waals surface area (Å²) < 4.78 is 38.6. The zero-order chi connectivity index (χ0) is 20.1. The standard InChI is InChI=1S/C19H21F3N4O2/c20-19(21,22)15-4-3-5-16(14-15)25-12-10-24(11-13-25)9-8-23-17-6-1-2-7-18(17)26(27)28/h1-7,14,23H,8-13H2. The molecule has 6 nitrogen and oxygen atoms in total. The number of nitrogens with one attached hydrogen (secondary N) is 1. The second-order valence-electron chi connectivity index (χ2n) is 6.58. The zero-order valence-corrected chi connectivity index (χ0v) is 15.2. The highest BCUT2D eigenvalue weighted by Crippen LogP contribution is 2.31. The van der Waals surface area contributed by atoms with Crippen LogP contribution in [0.15, 0.2) is 48.5 Å². The summed E-state index contributed by atoms with van der Waals surface area (Å²) in [6.45, 7) is 3.94. The lowest BCUT2D eigenvalue weighted by atomic mass is 10.1. The molecule has 0 bridgehead atoms. The van der Waals surface area contributed by atoms with Crippen LogP contribution in [0.4, 0.5) is 30.2 Å². The third kappa shape index (κ3) is 4.92. The summed E-state index contributed by atoms with van der Waals surface area (Å²) in [5.41, 5.74) is 0.459. The second-order valence-corrected chi connectivity index (χ2v) is 6.58. The fraction of sp³-hybridized carbons (Fsp3) is 0.368. The highest BCUT2D eigenvalue weighted by molar-refractivity contribution is 5.61. The van der Waals surface area contributed by atoms with E-state index in [2.05, 4.69) is 10.2 Å². The smallest absolute Gasteiger partial charge is 0.378 e. The van der Waals surface area contributed by atoms with Crippen LogP contribution >= 0.6 is 0 Å². The van der Waals surface area contributed by atoms with Gasteiger partial charge < -0.3 is 10.2 Å². The Bertz CT molecular complexity index is 821. The molecule has 1 N–H and O–H groups in total. The summed E-state index contributed by atoms with van der Waals surface area (Å²) in [5, 5.41) is 14.1. The number of para-hydroxylation sites is 2. The second kappa shape index (κ2) is 8.47. The lowest BCUT2D eigenvalue weighted by Crippen LogP contribution is -2.47. The van der Waals surface area contributed by atoms with Crippen LogP contribution in [0.2, 0.25) is 0 Å². The Hall–Kier alpha value is -2.81. The minimum absolute atomic E-state index is 0.0388. The van der Waals surface area contributed by atoms with E-state index in [-0.39, 0.29) is 5.69 Å². The monoisotopic (exact) mass is 394 g/mol. The van der Waals surface area contributed by atoms with Crippen LogP contribution in [0, 0.1) is 10.1 Å². The number of nitro groups is 1.